The molecule has 8 nitrogen and oxygen atoms in total. The van der Waals surface area contributed by atoms with Crippen LogP contribution in [0.5, 0.6) is 0 Å². The molecule has 30 heavy (non-hydrogen) atoms. The van der Waals surface area contributed by atoms with E-state index >= 15 is 0 Å². The fourth-order valence-electron chi connectivity index (χ4n) is 3.33. The van der Waals surface area contributed by atoms with E-state index in [0.29, 0.717) is 18.1 Å². The molecule has 0 saturated carbocycles. The Labute approximate surface area is 183 Å². The van der Waals surface area contributed by atoms with Crippen LogP contribution in [-0.2, 0) is 10.0 Å². The minimum Gasteiger partial charge on any atom is -0.378 e. The number of nitrogens with two attached hydrogens (primary N) is 1. The second-order valence-corrected chi connectivity index (χ2v) is 10.3. The first-order valence-corrected chi connectivity index (χ1v) is 12.3. The van der Waals surface area contributed by atoms with Gasteiger partial charge in [-0.3, -0.25) is 15.0 Å². The first kappa shape index (κ1) is 24.4. The van der Waals surface area contributed by atoms with Gasteiger partial charge in [0.15, 0.2) is 4.87 Å². The lowest BCUT2D eigenvalue weighted by Crippen LogP contribution is -2.57. The zero-order valence-electron chi connectivity index (χ0n) is 17.7. The first-order valence-electron chi connectivity index (χ1n) is 9.81. The van der Waals surface area contributed by atoms with Crippen LogP contribution in [0.15, 0.2) is 58.8 Å². The topological polar surface area (TPSA) is 110 Å². The largest absolute Gasteiger partial charge is 0.378 e. The molecule has 1 aromatic carbocycles. The molecule has 2 N–H and O–H groups in total. The molecule has 0 fully saturated rings. The van der Waals surface area contributed by atoms with Gasteiger partial charge in [0.1, 0.15) is 0 Å². The lowest BCUT2D eigenvalue weighted by Gasteiger charge is -2.41. The van der Waals surface area contributed by atoms with Crippen LogP contribution < -0.4 is 5.14 Å². The van der Waals surface area contributed by atoms with E-state index in [1.807, 2.05) is 30.3 Å². The molecule has 0 heterocycles. The third-order valence-corrected chi connectivity index (χ3v) is 7.62. The molecule has 166 valence electrons. The highest BCUT2D eigenvalue weighted by Gasteiger charge is 2.50. The standard InChI is InChI=1S/C20H30N4O4S2/c1-4-5-9-12-23(16-29-19-10-7-6-8-11-19)20(30(21,27)28)14-17(22(2)3)13-18(15-20)24(25)26/h6-8,10-11,13-14H,4-5,9,12,15-16H2,1-3H3,(H2,21,27,28)/t20-/m0/s1. The predicted molar refractivity (Wildman–Crippen MR) is 121 cm³/mol. The number of hydrogen-bond acceptors (Lipinski definition) is 7. The SMILES string of the molecule is CCCCCN(CSc1ccccc1)[C@]1(S(N)(=O)=O)C=C(N(C)C)C=C([N+](=O)[O-])C1. The van der Waals surface area contributed by atoms with Gasteiger partial charge in [0, 0.05) is 37.3 Å². The highest BCUT2D eigenvalue weighted by atomic mass is 32.2. The number of thioether (sulfide) groups is 1. The summed E-state index contributed by atoms with van der Waals surface area (Å²) in [6.07, 6.45) is 5.35. The van der Waals surface area contributed by atoms with Crippen molar-refractivity contribution < 1.29 is 13.3 Å². The van der Waals surface area contributed by atoms with Crippen LogP contribution in [0.4, 0.5) is 0 Å². The molecule has 0 spiro atoms. The van der Waals surface area contributed by atoms with Crippen LogP contribution in [-0.4, -0.2) is 54.5 Å². The molecule has 0 aliphatic heterocycles. The smallest absolute Gasteiger partial charge is 0.251 e. The molecule has 0 radical (unpaired) electrons. The number of benzene rings is 1. The Morgan fingerprint density at radius 3 is 2.43 bits per heavy atom. The van der Waals surface area contributed by atoms with Gasteiger partial charge in [-0.1, -0.05) is 38.0 Å². The Morgan fingerprint density at radius 1 is 1.23 bits per heavy atom. The summed E-state index contributed by atoms with van der Waals surface area (Å²) in [4.78, 5) is 13.9. The van der Waals surface area contributed by atoms with E-state index < -0.39 is 19.8 Å². The third-order valence-electron chi connectivity index (χ3n) is 5.06. The molecule has 0 amide bonds. The minimum absolute atomic E-state index is 0.166. The fourth-order valence-corrected chi connectivity index (χ4v) is 5.58. The summed E-state index contributed by atoms with van der Waals surface area (Å²) in [7, 11) is -0.754. The van der Waals surface area contributed by atoms with Gasteiger partial charge in [0.25, 0.3) is 5.70 Å². The number of nitro groups is 1. The number of likely N-dealkylation sites (N-methyl/N-ethyl adjacent to an activating group) is 1. The molecule has 2 rings (SSSR count). The molecule has 0 saturated heterocycles. The van der Waals surface area contributed by atoms with Crippen molar-refractivity contribution in [2.75, 3.05) is 26.5 Å². The third kappa shape index (κ3) is 5.84. The molecule has 0 unspecified atom stereocenters. The van der Waals surface area contributed by atoms with Gasteiger partial charge in [0.05, 0.1) is 17.2 Å². The van der Waals surface area contributed by atoms with Crippen molar-refractivity contribution >= 4 is 21.8 Å². The number of unbranched alkanes of at least 4 members (excludes halogenated alkanes) is 2. The van der Waals surface area contributed by atoms with Gasteiger partial charge >= 0.3 is 0 Å². The van der Waals surface area contributed by atoms with Gasteiger partial charge in [-0.15, -0.1) is 11.8 Å². The van der Waals surface area contributed by atoms with E-state index in [4.69, 9.17) is 5.14 Å². The quantitative estimate of drug-likeness (QED) is 0.180. The summed E-state index contributed by atoms with van der Waals surface area (Å²) < 4.78 is 25.9. The molecule has 1 aliphatic carbocycles. The Balaban J connectivity index is 2.51. The number of nitrogens with zero attached hydrogens (tertiary/aromatic N) is 3. The van der Waals surface area contributed by atoms with Crippen LogP contribution in [0.25, 0.3) is 0 Å². The van der Waals surface area contributed by atoms with Crippen molar-refractivity contribution in [1.29, 1.82) is 0 Å². The number of primary sulfonamides is 1. The first-order chi connectivity index (χ1) is 14.1. The monoisotopic (exact) mass is 454 g/mol. The maximum Gasteiger partial charge on any atom is 0.251 e. The van der Waals surface area contributed by atoms with Crippen molar-refractivity contribution in [3.8, 4) is 0 Å². The highest BCUT2D eigenvalue weighted by Crippen LogP contribution is 2.38. The summed E-state index contributed by atoms with van der Waals surface area (Å²) >= 11 is 1.49. The van der Waals surface area contributed by atoms with Crippen molar-refractivity contribution in [2.45, 2.75) is 42.4 Å². The maximum atomic E-state index is 12.9. The van der Waals surface area contributed by atoms with Crippen LogP contribution in [0.1, 0.15) is 32.6 Å². The van der Waals surface area contributed by atoms with Gasteiger partial charge in [0.2, 0.25) is 10.0 Å². The van der Waals surface area contributed by atoms with E-state index in [9.17, 15) is 18.5 Å². The molecule has 1 aromatic rings. The summed E-state index contributed by atoms with van der Waals surface area (Å²) in [5.41, 5.74) is 0.285. The van der Waals surface area contributed by atoms with Crippen LogP contribution >= 0.6 is 11.8 Å². The molecular formula is C20H30N4O4S2. The molecule has 10 heteroatoms. The maximum absolute atomic E-state index is 12.9. The highest BCUT2D eigenvalue weighted by molar-refractivity contribution is 7.99. The van der Waals surface area contributed by atoms with E-state index in [1.54, 1.807) is 30.0 Å². The normalized spacial score (nSPS) is 19.4. The Morgan fingerprint density at radius 2 is 1.90 bits per heavy atom. The van der Waals surface area contributed by atoms with Gasteiger partial charge < -0.3 is 4.90 Å². The number of rotatable bonds is 11. The number of hydrogen-bond donors (Lipinski definition) is 1. The Hall–Kier alpha value is -1.88. The second-order valence-electron chi connectivity index (χ2n) is 7.48. The number of sulfonamides is 1. The average molecular weight is 455 g/mol. The molecule has 0 bridgehead atoms. The lowest BCUT2D eigenvalue weighted by molar-refractivity contribution is -0.429. The van der Waals surface area contributed by atoms with E-state index in [2.05, 4.69) is 6.92 Å². The van der Waals surface area contributed by atoms with Crippen LogP contribution in [0.3, 0.4) is 0 Å². The van der Waals surface area contributed by atoms with Crippen molar-refractivity contribution in [1.82, 2.24) is 9.80 Å². The van der Waals surface area contributed by atoms with Crippen LogP contribution in [0.2, 0.25) is 0 Å². The van der Waals surface area contributed by atoms with Crippen LogP contribution in [0, 0.1) is 10.1 Å². The van der Waals surface area contributed by atoms with Crippen molar-refractivity contribution in [3.05, 3.63) is 64.0 Å². The van der Waals surface area contributed by atoms with Gasteiger partial charge in [-0.2, -0.15) is 0 Å². The van der Waals surface area contributed by atoms with E-state index in [-0.39, 0.29) is 12.1 Å². The summed E-state index contributed by atoms with van der Waals surface area (Å²) in [6, 6.07) is 9.64. The predicted octanol–water partition coefficient (Wildman–Crippen LogP) is 3.22. The zero-order valence-corrected chi connectivity index (χ0v) is 19.3. The number of allylic oxidation sites excluding steroid dienone is 1. The molecule has 1 aliphatic rings. The van der Waals surface area contributed by atoms with E-state index in [1.165, 1.54) is 17.8 Å². The van der Waals surface area contributed by atoms with E-state index in [0.717, 1.165) is 24.2 Å². The Kier molecular flexibility index (Phi) is 8.48. The minimum atomic E-state index is -4.20. The summed E-state index contributed by atoms with van der Waals surface area (Å²) in [5.74, 6) is 0.340. The lowest BCUT2D eigenvalue weighted by atomic mass is 10.0. The molecule has 1 atom stereocenters. The zero-order chi connectivity index (χ0) is 22.4. The fraction of sp³-hybridized carbons (Fsp3) is 0.500. The molecular weight excluding hydrogens is 424 g/mol. The van der Waals surface area contributed by atoms with Crippen molar-refractivity contribution in [3.63, 3.8) is 0 Å². The molecule has 0 aromatic heterocycles. The summed E-state index contributed by atoms with van der Waals surface area (Å²) in [5, 5.41) is 17.4. The van der Waals surface area contributed by atoms with Gasteiger partial charge in [-0.25, -0.2) is 13.6 Å². The van der Waals surface area contributed by atoms with Crippen molar-refractivity contribution in [2.24, 2.45) is 5.14 Å². The average Bonchev–Trinajstić information content (AvgIpc) is 2.70. The van der Waals surface area contributed by atoms with Gasteiger partial charge in [-0.05, 0) is 24.6 Å². The summed E-state index contributed by atoms with van der Waals surface area (Å²) in [6.45, 7) is 2.53. The Bertz CT molecular complexity index is 901. The second kappa shape index (κ2) is 10.4.